The van der Waals surface area contributed by atoms with Crippen molar-refractivity contribution >= 4 is 28.7 Å². The Kier molecular flexibility index (Phi) is 5.66. The molecule has 0 aromatic heterocycles. The summed E-state index contributed by atoms with van der Waals surface area (Å²) in [7, 11) is 3.02. The normalized spacial score (nSPS) is 16.1. The predicted molar refractivity (Wildman–Crippen MR) is 110 cm³/mol. The van der Waals surface area contributed by atoms with E-state index in [1.54, 1.807) is 24.3 Å². The Bertz CT molecular complexity index is 1030. The number of amidine groups is 1. The fourth-order valence-corrected chi connectivity index (χ4v) is 3.84. The lowest BCUT2D eigenvalue weighted by Crippen LogP contribution is -2.31. The van der Waals surface area contributed by atoms with Crippen molar-refractivity contribution < 1.29 is 28.5 Å². The number of hydrogen-bond acceptors (Lipinski definition) is 8. The number of hydrazone groups is 1. The molecular weight excluding hydrogens is 410 g/mol. The van der Waals surface area contributed by atoms with Crippen LogP contribution < -0.4 is 24.4 Å². The lowest BCUT2D eigenvalue weighted by molar-refractivity contribution is -0.124. The number of nitrogens with zero attached hydrogens (tertiary/aromatic N) is 2. The Balaban J connectivity index is 1.47. The van der Waals surface area contributed by atoms with Crippen molar-refractivity contribution in [3.8, 4) is 23.0 Å². The van der Waals surface area contributed by atoms with Crippen molar-refractivity contribution in [1.82, 2.24) is 10.3 Å². The molecule has 9 nitrogen and oxygen atoms in total. The quantitative estimate of drug-likeness (QED) is 0.703. The van der Waals surface area contributed by atoms with E-state index in [1.807, 2.05) is 12.1 Å². The van der Waals surface area contributed by atoms with Crippen LogP contribution in [0, 0.1) is 0 Å². The van der Waals surface area contributed by atoms with Crippen molar-refractivity contribution in [2.45, 2.75) is 6.54 Å². The number of fused-ring (bicyclic) bond motifs is 1. The second kappa shape index (κ2) is 8.54. The van der Waals surface area contributed by atoms with E-state index in [0.29, 0.717) is 40.3 Å². The second-order valence-corrected chi connectivity index (χ2v) is 7.30. The number of carbonyl (C=O) groups is 2. The number of hydrogen-bond donors (Lipinski definition) is 1. The highest BCUT2D eigenvalue weighted by Crippen LogP contribution is 2.33. The summed E-state index contributed by atoms with van der Waals surface area (Å²) in [6, 6.07) is 10.3. The highest BCUT2D eigenvalue weighted by molar-refractivity contribution is 8.15. The third-order valence-corrected chi connectivity index (χ3v) is 5.49. The molecule has 2 amide bonds. The Labute approximate surface area is 176 Å². The first-order valence-electron chi connectivity index (χ1n) is 9.01. The van der Waals surface area contributed by atoms with Gasteiger partial charge in [-0.15, -0.1) is 5.10 Å². The van der Waals surface area contributed by atoms with E-state index in [4.69, 9.17) is 18.9 Å². The molecule has 0 spiro atoms. The van der Waals surface area contributed by atoms with Crippen molar-refractivity contribution in [2.75, 3.05) is 26.8 Å². The van der Waals surface area contributed by atoms with Crippen LogP contribution in [0.4, 0.5) is 0 Å². The first kappa shape index (κ1) is 19.9. The lowest BCUT2D eigenvalue weighted by atomic mass is 10.2. The summed E-state index contributed by atoms with van der Waals surface area (Å²) < 4.78 is 21.1. The number of rotatable bonds is 6. The lowest BCUT2D eigenvalue weighted by Gasteiger charge is -2.16. The van der Waals surface area contributed by atoms with Crippen LogP contribution >= 0.6 is 11.8 Å². The van der Waals surface area contributed by atoms with Gasteiger partial charge >= 0.3 is 0 Å². The molecule has 1 fully saturated rings. The molecule has 1 saturated heterocycles. The molecule has 30 heavy (non-hydrogen) atoms. The molecule has 2 aromatic rings. The SMILES string of the molecule is COc1ccc(C(=O)N/N=C2/SCC(=O)N2Cc2ccc3c(c2)OCO3)cc1OC. The number of benzene rings is 2. The first-order chi connectivity index (χ1) is 14.6. The third kappa shape index (κ3) is 3.99. The topological polar surface area (TPSA) is 98.7 Å². The molecule has 2 aliphatic heterocycles. The number of ether oxygens (including phenoxy) is 4. The number of nitrogens with one attached hydrogen (secondary N) is 1. The van der Waals surface area contributed by atoms with E-state index in [2.05, 4.69) is 10.5 Å². The van der Waals surface area contributed by atoms with Gasteiger partial charge in [0.2, 0.25) is 12.7 Å². The molecule has 156 valence electrons. The summed E-state index contributed by atoms with van der Waals surface area (Å²) >= 11 is 1.27. The van der Waals surface area contributed by atoms with Crippen LogP contribution in [-0.2, 0) is 11.3 Å². The van der Waals surface area contributed by atoms with E-state index in [0.717, 1.165) is 5.56 Å². The average molecular weight is 429 g/mol. The summed E-state index contributed by atoms with van der Waals surface area (Å²) in [5, 5.41) is 4.58. The Morgan fingerprint density at radius 3 is 2.73 bits per heavy atom. The average Bonchev–Trinajstić information content (AvgIpc) is 3.38. The fourth-order valence-electron chi connectivity index (χ4n) is 3.00. The fraction of sp³-hybridized carbons (Fsp3) is 0.250. The standard InChI is InChI=1S/C20H19N3O6S/c1-26-14-6-4-13(8-16(14)27-2)19(25)21-22-20-23(18(24)10-30-20)9-12-3-5-15-17(7-12)29-11-28-15/h3-8H,9-11H2,1-2H3,(H,21,25)/b22-20+. The molecule has 0 aliphatic carbocycles. The van der Waals surface area contributed by atoms with Gasteiger partial charge in [-0.3, -0.25) is 14.5 Å². The van der Waals surface area contributed by atoms with Crippen LogP contribution in [0.2, 0.25) is 0 Å². The molecule has 1 N–H and O–H groups in total. The predicted octanol–water partition coefficient (Wildman–Crippen LogP) is 2.21. The maximum atomic E-state index is 12.5. The van der Waals surface area contributed by atoms with Crippen LogP contribution in [0.1, 0.15) is 15.9 Å². The third-order valence-electron chi connectivity index (χ3n) is 4.53. The van der Waals surface area contributed by atoms with Gasteiger partial charge in [-0.1, -0.05) is 17.8 Å². The van der Waals surface area contributed by atoms with Gasteiger partial charge in [0.15, 0.2) is 28.2 Å². The number of thioether (sulfide) groups is 1. The number of methoxy groups -OCH3 is 2. The van der Waals surface area contributed by atoms with Gasteiger partial charge in [-0.25, -0.2) is 5.43 Å². The molecule has 2 aromatic carbocycles. The zero-order chi connectivity index (χ0) is 21.1. The Hall–Kier alpha value is -3.40. The van der Waals surface area contributed by atoms with Crippen LogP contribution in [0.25, 0.3) is 0 Å². The summed E-state index contributed by atoms with van der Waals surface area (Å²) in [4.78, 5) is 26.3. The zero-order valence-electron chi connectivity index (χ0n) is 16.3. The van der Waals surface area contributed by atoms with E-state index < -0.39 is 5.91 Å². The molecule has 4 rings (SSSR count). The first-order valence-corrected chi connectivity index (χ1v) is 9.99. The molecule has 2 aliphatic rings. The summed E-state index contributed by atoms with van der Waals surface area (Å²) in [5.74, 6) is 2.03. The van der Waals surface area contributed by atoms with E-state index in [9.17, 15) is 9.59 Å². The van der Waals surface area contributed by atoms with E-state index in [-0.39, 0.29) is 18.5 Å². The maximum Gasteiger partial charge on any atom is 0.271 e. The highest BCUT2D eigenvalue weighted by Gasteiger charge is 2.29. The van der Waals surface area contributed by atoms with Gasteiger partial charge in [0.25, 0.3) is 5.91 Å². The Morgan fingerprint density at radius 2 is 1.93 bits per heavy atom. The highest BCUT2D eigenvalue weighted by atomic mass is 32.2. The molecule has 2 heterocycles. The van der Waals surface area contributed by atoms with Crippen LogP contribution in [0.5, 0.6) is 23.0 Å². The molecule has 0 atom stereocenters. The number of carbonyl (C=O) groups excluding carboxylic acids is 2. The minimum absolute atomic E-state index is 0.0863. The second-order valence-electron chi connectivity index (χ2n) is 6.36. The van der Waals surface area contributed by atoms with Gasteiger partial charge in [0.05, 0.1) is 26.5 Å². The largest absolute Gasteiger partial charge is 0.493 e. The molecule has 0 saturated carbocycles. The maximum absolute atomic E-state index is 12.5. The van der Waals surface area contributed by atoms with Crippen LogP contribution in [0.15, 0.2) is 41.5 Å². The van der Waals surface area contributed by atoms with Gasteiger partial charge < -0.3 is 18.9 Å². The van der Waals surface area contributed by atoms with Gasteiger partial charge in [-0.05, 0) is 35.9 Å². The smallest absolute Gasteiger partial charge is 0.271 e. The van der Waals surface area contributed by atoms with Gasteiger partial charge in [0, 0.05) is 5.56 Å². The molecule has 0 bridgehead atoms. The van der Waals surface area contributed by atoms with Gasteiger partial charge in [-0.2, -0.15) is 0 Å². The summed E-state index contributed by atoms with van der Waals surface area (Å²) in [6.45, 7) is 0.500. The molecule has 0 unspecified atom stereocenters. The summed E-state index contributed by atoms with van der Waals surface area (Å²) in [5.41, 5.74) is 3.73. The molecular formula is C20H19N3O6S. The molecule has 0 radical (unpaired) electrons. The zero-order valence-corrected chi connectivity index (χ0v) is 17.2. The van der Waals surface area contributed by atoms with Crippen molar-refractivity contribution in [1.29, 1.82) is 0 Å². The van der Waals surface area contributed by atoms with Crippen LogP contribution in [-0.4, -0.2) is 48.6 Å². The minimum Gasteiger partial charge on any atom is -0.493 e. The van der Waals surface area contributed by atoms with E-state index in [1.165, 1.54) is 30.9 Å². The number of amides is 2. The summed E-state index contributed by atoms with van der Waals surface area (Å²) in [6.07, 6.45) is 0. The van der Waals surface area contributed by atoms with Crippen molar-refractivity contribution in [3.05, 3.63) is 47.5 Å². The van der Waals surface area contributed by atoms with E-state index >= 15 is 0 Å². The monoisotopic (exact) mass is 429 g/mol. The minimum atomic E-state index is -0.425. The van der Waals surface area contributed by atoms with Crippen molar-refractivity contribution in [2.24, 2.45) is 5.10 Å². The Morgan fingerprint density at radius 1 is 1.13 bits per heavy atom. The van der Waals surface area contributed by atoms with Crippen LogP contribution in [0.3, 0.4) is 0 Å². The van der Waals surface area contributed by atoms with Gasteiger partial charge in [0.1, 0.15) is 0 Å². The van der Waals surface area contributed by atoms with Crippen molar-refractivity contribution in [3.63, 3.8) is 0 Å². The molecule has 10 heteroatoms.